The molecule has 2 heteroatoms. The fourth-order valence-corrected chi connectivity index (χ4v) is 2.26. The number of nitrogens with two attached hydrogens (primary N) is 1. The summed E-state index contributed by atoms with van der Waals surface area (Å²) in [5.74, 6) is 0.0583. The molecule has 0 saturated heterocycles. The molecule has 1 aromatic rings. The van der Waals surface area contributed by atoms with Gasteiger partial charge in [-0.15, -0.1) is 0 Å². The Morgan fingerprint density at radius 1 is 1.50 bits per heavy atom. The molecule has 1 aliphatic rings. The van der Waals surface area contributed by atoms with Gasteiger partial charge in [-0.3, -0.25) is 4.79 Å². The fraction of sp³-hybridized carbons (Fsp3) is 0.357. The van der Waals surface area contributed by atoms with Gasteiger partial charge in [-0.1, -0.05) is 24.3 Å². The molecule has 0 fully saturated rings. The van der Waals surface area contributed by atoms with Gasteiger partial charge in [0.15, 0.2) is 0 Å². The van der Waals surface area contributed by atoms with E-state index in [2.05, 4.69) is 31.2 Å². The molecule has 0 saturated carbocycles. The van der Waals surface area contributed by atoms with Crippen molar-refractivity contribution in [1.82, 2.24) is 0 Å². The number of hydrogen-bond acceptors (Lipinski definition) is 2. The molecule has 2 N–H and O–H groups in total. The van der Waals surface area contributed by atoms with Crippen molar-refractivity contribution in [3.63, 3.8) is 0 Å². The van der Waals surface area contributed by atoms with E-state index >= 15 is 0 Å². The number of rotatable bonds is 3. The van der Waals surface area contributed by atoms with Crippen molar-refractivity contribution in [1.29, 1.82) is 0 Å². The highest BCUT2D eigenvalue weighted by Crippen LogP contribution is 2.32. The predicted molar refractivity (Wildman–Crippen MR) is 66.1 cm³/mol. The highest BCUT2D eigenvalue weighted by molar-refractivity contribution is 5.85. The monoisotopic (exact) mass is 215 g/mol. The Kier molecular flexibility index (Phi) is 2.92. The zero-order chi connectivity index (χ0) is 11.7. The van der Waals surface area contributed by atoms with Gasteiger partial charge in [-0.25, -0.2) is 0 Å². The maximum absolute atomic E-state index is 11.2. The lowest BCUT2D eigenvalue weighted by Gasteiger charge is -2.12. The number of hydrogen-bond donors (Lipinski definition) is 1. The Morgan fingerprint density at radius 3 is 2.94 bits per heavy atom. The number of carbonyl (C=O) groups is 1. The van der Waals surface area contributed by atoms with Crippen LogP contribution in [-0.2, 0) is 11.2 Å². The van der Waals surface area contributed by atoms with Gasteiger partial charge in [0.05, 0.1) is 6.04 Å². The minimum Gasteiger partial charge on any atom is -0.321 e. The Bertz CT molecular complexity index is 460. The van der Waals surface area contributed by atoms with E-state index in [0.29, 0.717) is 6.42 Å². The Balaban J connectivity index is 2.26. The summed E-state index contributed by atoms with van der Waals surface area (Å²) >= 11 is 0. The van der Waals surface area contributed by atoms with Crippen LogP contribution in [0, 0.1) is 6.92 Å². The number of carbonyl (C=O) groups excluding carboxylic acids is 1. The van der Waals surface area contributed by atoms with E-state index in [0.717, 1.165) is 6.42 Å². The van der Waals surface area contributed by atoms with Crippen LogP contribution in [0.3, 0.4) is 0 Å². The Hall–Kier alpha value is -1.41. The van der Waals surface area contributed by atoms with Crippen LogP contribution in [0.1, 0.15) is 30.0 Å². The van der Waals surface area contributed by atoms with E-state index in [1.165, 1.54) is 22.3 Å². The fourth-order valence-electron chi connectivity index (χ4n) is 2.26. The largest absolute Gasteiger partial charge is 0.321 e. The average molecular weight is 215 g/mol. The zero-order valence-electron chi connectivity index (χ0n) is 9.79. The van der Waals surface area contributed by atoms with Crippen LogP contribution in [-0.4, -0.2) is 11.8 Å². The molecule has 2 rings (SSSR count). The number of aryl methyl sites for hydroxylation is 1. The van der Waals surface area contributed by atoms with Gasteiger partial charge < -0.3 is 5.73 Å². The van der Waals surface area contributed by atoms with Crippen molar-refractivity contribution < 1.29 is 4.79 Å². The van der Waals surface area contributed by atoms with E-state index in [9.17, 15) is 4.79 Å². The van der Waals surface area contributed by atoms with Crippen molar-refractivity contribution in [2.75, 3.05) is 0 Å². The first-order valence-electron chi connectivity index (χ1n) is 5.63. The molecule has 1 atom stereocenters. The highest BCUT2D eigenvalue weighted by Gasteiger charge is 2.19. The number of allylic oxidation sites excluding steroid dienone is 1. The molecule has 0 radical (unpaired) electrons. The van der Waals surface area contributed by atoms with E-state index in [1.54, 1.807) is 6.92 Å². The summed E-state index contributed by atoms with van der Waals surface area (Å²) in [6, 6.07) is 5.97. The molecule has 1 aromatic carbocycles. The SMILES string of the molecule is CC(=O)[C@H](N)CC1=CCc2cccc(C)c21. The molecule has 0 aliphatic heterocycles. The molecular weight excluding hydrogens is 198 g/mol. The molecule has 2 nitrogen and oxygen atoms in total. The van der Waals surface area contributed by atoms with Crippen molar-refractivity contribution in [2.24, 2.45) is 5.73 Å². The number of Topliss-reactive ketones (excluding diaryl/α,β-unsaturated/α-hetero) is 1. The molecule has 0 bridgehead atoms. The molecule has 84 valence electrons. The predicted octanol–water partition coefficient (Wildman–Crippen LogP) is 2.24. The van der Waals surface area contributed by atoms with Gasteiger partial charge in [0, 0.05) is 0 Å². The van der Waals surface area contributed by atoms with Crippen LogP contribution >= 0.6 is 0 Å². The molecule has 0 spiro atoms. The summed E-state index contributed by atoms with van der Waals surface area (Å²) in [6.45, 7) is 3.66. The average Bonchev–Trinajstić information content (AvgIpc) is 2.63. The van der Waals surface area contributed by atoms with Crippen LogP contribution < -0.4 is 5.73 Å². The summed E-state index contributed by atoms with van der Waals surface area (Å²) in [4.78, 5) is 11.2. The zero-order valence-corrected chi connectivity index (χ0v) is 9.79. The number of ketones is 1. The summed E-state index contributed by atoms with van der Waals surface area (Å²) in [5.41, 5.74) is 11.0. The molecular formula is C14H17NO. The molecule has 1 aliphatic carbocycles. The molecule has 0 unspecified atom stereocenters. The van der Waals surface area contributed by atoms with Crippen molar-refractivity contribution in [3.05, 3.63) is 41.0 Å². The lowest BCUT2D eigenvalue weighted by Crippen LogP contribution is -2.28. The van der Waals surface area contributed by atoms with Crippen LogP contribution in [0.4, 0.5) is 0 Å². The molecule has 0 aromatic heterocycles. The van der Waals surface area contributed by atoms with E-state index in [1.807, 2.05) is 0 Å². The van der Waals surface area contributed by atoms with Crippen LogP contribution in [0.5, 0.6) is 0 Å². The van der Waals surface area contributed by atoms with Gasteiger partial charge in [-0.2, -0.15) is 0 Å². The van der Waals surface area contributed by atoms with Gasteiger partial charge in [0.1, 0.15) is 5.78 Å². The van der Waals surface area contributed by atoms with Crippen LogP contribution in [0.15, 0.2) is 24.3 Å². The number of benzene rings is 1. The van der Waals surface area contributed by atoms with Gasteiger partial charge >= 0.3 is 0 Å². The van der Waals surface area contributed by atoms with Crippen LogP contribution in [0.25, 0.3) is 5.57 Å². The first-order chi connectivity index (χ1) is 7.59. The first-order valence-corrected chi connectivity index (χ1v) is 5.63. The Labute approximate surface area is 96.2 Å². The van der Waals surface area contributed by atoms with E-state index in [4.69, 9.17) is 5.73 Å². The van der Waals surface area contributed by atoms with Crippen molar-refractivity contribution >= 4 is 11.4 Å². The maximum atomic E-state index is 11.2. The van der Waals surface area contributed by atoms with Gasteiger partial charge in [0.2, 0.25) is 0 Å². The minimum absolute atomic E-state index is 0.0583. The standard InChI is InChI=1S/C14H17NO/c1-9-4-3-5-11-6-7-12(14(9)11)8-13(15)10(2)16/h3-5,7,13H,6,8,15H2,1-2H3/t13-/m1/s1. The minimum atomic E-state index is -0.364. The third-order valence-corrected chi connectivity index (χ3v) is 3.21. The highest BCUT2D eigenvalue weighted by atomic mass is 16.1. The second-order valence-corrected chi connectivity index (χ2v) is 4.46. The summed E-state index contributed by atoms with van der Waals surface area (Å²) < 4.78 is 0. The van der Waals surface area contributed by atoms with E-state index < -0.39 is 0 Å². The first kappa shape index (κ1) is 11.1. The third-order valence-electron chi connectivity index (χ3n) is 3.21. The third kappa shape index (κ3) is 1.93. The summed E-state index contributed by atoms with van der Waals surface area (Å²) in [5, 5.41) is 0. The lowest BCUT2D eigenvalue weighted by molar-refractivity contribution is -0.118. The smallest absolute Gasteiger partial charge is 0.146 e. The number of fused-ring (bicyclic) bond motifs is 1. The van der Waals surface area contributed by atoms with Crippen LogP contribution in [0.2, 0.25) is 0 Å². The second kappa shape index (κ2) is 4.22. The Morgan fingerprint density at radius 2 is 2.25 bits per heavy atom. The molecule has 16 heavy (non-hydrogen) atoms. The van der Waals surface area contributed by atoms with Gasteiger partial charge in [0.25, 0.3) is 0 Å². The molecule has 0 amide bonds. The molecule has 0 heterocycles. The quantitative estimate of drug-likeness (QED) is 0.840. The topological polar surface area (TPSA) is 43.1 Å². The maximum Gasteiger partial charge on any atom is 0.146 e. The van der Waals surface area contributed by atoms with Crippen molar-refractivity contribution in [3.8, 4) is 0 Å². The second-order valence-electron chi connectivity index (χ2n) is 4.46. The van der Waals surface area contributed by atoms with Gasteiger partial charge in [-0.05, 0) is 49.0 Å². The summed E-state index contributed by atoms with van der Waals surface area (Å²) in [7, 11) is 0. The van der Waals surface area contributed by atoms with Crippen molar-refractivity contribution in [2.45, 2.75) is 32.7 Å². The lowest BCUT2D eigenvalue weighted by atomic mass is 9.95. The van der Waals surface area contributed by atoms with E-state index in [-0.39, 0.29) is 11.8 Å². The summed E-state index contributed by atoms with van der Waals surface area (Å²) in [6.07, 6.45) is 3.82. The normalized spacial score (nSPS) is 15.6.